The van der Waals surface area contributed by atoms with Gasteiger partial charge in [0, 0.05) is 33.4 Å². The molecule has 7 heteroatoms. The van der Waals surface area contributed by atoms with Gasteiger partial charge in [-0.15, -0.1) is 0 Å². The zero-order valence-corrected chi connectivity index (χ0v) is 15.3. The van der Waals surface area contributed by atoms with Crippen molar-refractivity contribution in [3.63, 3.8) is 0 Å². The number of amides is 1. The zero-order chi connectivity index (χ0) is 18.3. The molecule has 0 aromatic carbocycles. The molecule has 0 radical (unpaired) electrons. The van der Waals surface area contributed by atoms with Gasteiger partial charge in [-0.05, 0) is 43.4 Å². The molecule has 138 valence electrons. The summed E-state index contributed by atoms with van der Waals surface area (Å²) in [5, 5.41) is 15.0. The first-order valence-electron chi connectivity index (χ1n) is 9.20. The van der Waals surface area contributed by atoms with Gasteiger partial charge in [-0.25, -0.2) is 4.98 Å². The molecule has 1 N–H and O–H groups in total. The van der Waals surface area contributed by atoms with Crippen LogP contribution in [-0.2, 0) is 13.1 Å². The van der Waals surface area contributed by atoms with Gasteiger partial charge in [-0.1, -0.05) is 0 Å². The predicted molar refractivity (Wildman–Crippen MR) is 97.8 cm³/mol. The van der Waals surface area contributed by atoms with Crippen LogP contribution >= 0.6 is 0 Å². The summed E-state index contributed by atoms with van der Waals surface area (Å²) in [6.45, 7) is 2.44. The molecule has 26 heavy (non-hydrogen) atoms. The average Bonchev–Trinajstić information content (AvgIpc) is 3.44. The van der Waals surface area contributed by atoms with Crippen LogP contribution in [0.15, 0.2) is 24.4 Å². The fourth-order valence-electron chi connectivity index (χ4n) is 3.44. The number of anilines is 1. The fourth-order valence-corrected chi connectivity index (χ4v) is 3.44. The van der Waals surface area contributed by atoms with E-state index in [1.165, 1.54) is 0 Å². The third kappa shape index (κ3) is 3.31. The maximum Gasteiger partial charge on any atom is 0.254 e. The Bertz CT molecular complexity index is 795. The number of aliphatic hydroxyl groups excluding tert-OH is 1. The summed E-state index contributed by atoms with van der Waals surface area (Å²) in [5.74, 6) is 1.20. The van der Waals surface area contributed by atoms with Crippen molar-refractivity contribution in [1.82, 2.24) is 19.7 Å². The molecule has 1 unspecified atom stereocenters. The Morgan fingerprint density at radius 3 is 2.77 bits per heavy atom. The summed E-state index contributed by atoms with van der Waals surface area (Å²) in [6, 6.07) is 5.77. The second-order valence-electron chi connectivity index (χ2n) is 7.45. The van der Waals surface area contributed by atoms with E-state index in [0.29, 0.717) is 18.0 Å². The number of hydrogen-bond acceptors (Lipinski definition) is 5. The Balaban J connectivity index is 1.52. The summed E-state index contributed by atoms with van der Waals surface area (Å²) < 4.78 is 2.02. The van der Waals surface area contributed by atoms with E-state index >= 15 is 0 Å². The first kappa shape index (κ1) is 17.0. The first-order valence-corrected chi connectivity index (χ1v) is 9.20. The van der Waals surface area contributed by atoms with Crippen molar-refractivity contribution in [3.8, 4) is 0 Å². The molecule has 0 spiro atoms. The molecule has 2 aromatic heterocycles. The molecule has 2 aliphatic rings. The summed E-state index contributed by atoms with van der Waals surface area (Å²) in [6.07, 6.45) is 4.36. The van der Waals surface area contributed by atoms with Crippen LogP contribution < -0.4 is 4.90 Å². The maximum atomic E-state index is 12.0. The lowest BCUT2D eigenvalue weighted by Crippen LogP contribution is -2.25. The van der Waals surface area contributed by atoms with Crippen molar-refractivity contribution in [2.45, 2.75) is 38.5 Å². The third-order valence-corrected chi connectivity index (χ3v) is 5.13. The predicted octanol–water partition coefficient (Wildman–Crippen LogP) is 1.83. The Morgan fingerprint density at radius 1 is 1.31 bits per heavy atom. The van der Waals surface area contributed by atoms with Crippen molar-refractivity contribution in [3.05, 3.63) is 41.3 Å². The van der Waals surface area contributed by atoms with Crippen molar-refractivity contribution in [2.75, 3.05) is 25.5 Å². The lowest BCUT2D eigenvalue weighted by Gasteiger charge is -2.21. The minimum absolute atomic E-state index is 0.0447. The van der Waals surface area contributed by atoms with E-state index < -0.39 is 6.10 Å². The van der Waals surface area contributed by atoms with Crippen LogP contribution in [0.4, 0.5) is 5.82 Å². The molecule has 0 saturated heterocycles. The Hall–Kier alpha value is -2.41. The SMILES string of the molecule is CN(C)C(=O)c1ccc(N2CCCn3nc(C(O)C4CC4)cc3C2)nc1. The van der Waals surface area contributed by atoms with Gasteiger partial charge in [-0.3, -0.25) is 9.48 Å². The summed E-state index contributed by atoms with van der Waals surface area (Å²) >= 11 is 0. The number of carbonyl (C=O) groups excluding carboxylic acids is 1. The van der Waals surface area contributed by atoms with Crippen molar-refractivity contribution in [2.24, 2.45) is 5.92 Å². The first-order chi connectivity index (χ1) is 12.5. The van der Waals surface area contributed by atoms with Gasteiger partial charge in [0.2, 0.25) is 0 Å². The number of aliphatic hydroxyl groups is 1. The van der Waals surface area contributed by atoms with Gasteiger partial charge in [-0.2, -0.15) is 5.10 Å². The molecule has 1 amide bonds. The highest BCUT2D eigenvalue weighted by atomic mass is 16.3. The topological polar surface area (TPSA) is 74.5 Å². The number of hydrogen-bond donors (Lipinski definition) is 1. The van der Waals surface area contributed by atoms with Crippen molar-refractivity contribution < 1.29 is 9.90 Å². The molecule has 1 aliphatic carbocycles. The Kier molecular flexibility index (Phi) is 4.40. The van der Waals surface area contributed by atoms with Crippen molar-refractivity contribution in [1.29, 1.82) is 0 Å². The summed E-state index contributed by atoms with van der Waals surface area (Å²) in [4.78, 5) is 20.3. The number of aromatic nitrogens is 3. The molecule has 2 aromatic rings. The highest BCUT2D eigenvalue weighted by Gasteiger charge is 2.33. The molecule has 1 fully saturated rings. The van der Waals surface area contributed by atoms with Crippen molar-refractivity contribution >= 4 is 11.7 Å². The minimum atomic E-state index is -0.433. The van der Waals surface area contributed by atoms with E-state index in [0.717, 1.165) is 49.6 Å². The van der Waals surface area contributed by atoms with E-state index in [-0.39, 0.29) is 5.91 Å². The highest BCUT2D eigenvalue weighted by molar-refractivity contribution is 5.93. The van der Waals surface area contributed by atoms with Gasteiger partial charge in [0.1, 0.15) is 11.9 Å². The van der Waals surface area contributed by atoms with Crippen LogP contribution in [-0.4, -0.2) is 51.3 Å². The van der Waals surface area contributed by atoms with Crippen LogP contribution in [0.1, 0.15) is 47.1 Å². The fraction of sp³-hybridized carbons (Fsp3) is 0.526. The Labute approximate surface area is 153 Å². The third-order valence-electron chi connectivity index (χ3n) is 5.13. The van der Waals surface area contributed by atoms with Gasteiger partial charge >= 0.3 is 0 Å². The van der Waals surface area contributed by atoms with Crippen LogP contribution in [0.3, 0.4) is 0 Å². The number of nitrogens with zero attached hydrogens (tertiary/aromatic N) is 5. The largest absolute Gasteiger partial charge is 0.386 e. The lowest BCUT2D eigenvalue weighted by atomic mass is 10.1. The number of rotatable bonds is 4. The lowest BCUT2D eigenvalue weighted by molar-refractivity contribution is 0.0827. The van der Waals surface area contributed by atoms with Gasteiger partial charge in [0.05, 0.1) is 23.5 Å². The quantitative estimate of drug-likeness (QED) is 0.906. The van der Waals surface area contributed by atoms with Gasteiger partial charge in [0.15, 0.2) is 0 Å². The summed E-state index contributed by atoms with van der Waals surface area (Å²) in [7, 11) is 3.47. The zero-order valence-electron chi connectivity index (χ0n) is 15.3. The molecule has 3 heterocycles. The smallest absolute Gasteiger partial charge is 0.254 e. The van der Waals surface area contributed by atoms with E-state index in [1.54, 1.807) is 25.2 Å². The van der Waals surface area contributed by atoms with Crippen LogP contribution in [0.5, 0.6) is 0 Å². The molecule has 4 rings (SSSR count). The second kappa shape index (κ2) is 6.72. The normalized spacial score (nSPS) is 18.2. The minimum Gasteiger partial charge on any atom is -0.386 e. The number of carbonyl (C=O) groups is 1. The molecular weight excluding hydrogens is 330 g/mol. The molecule has 0 bridgehead atoms. The van der Waals surface area contributed by atoms with Gasteiger partial charge in [0.25, 0.3) is 5.91 Å². The molecule has 1 atom stereocenters. The highest BCUT2D eigenvalue weighted by Crippen LogP contribution is 2.40. The monoisotopic (exact) mass is 355 g/mol. The van der Waals surface area contributed by atoms with Crippen LogP contribution in [0, 0.1) is 5.92 Å². The van der Waals surface area contributed by atoms with E-state index in [9.17, 15) is 9.90 Å². The maximum absolute atomic E-state index is 12.0. The average molecular weight is 355 g/mol. The van der Waals surface area contributed by atoms with E-state index in [2.05, 4.69) is 15.0 Å². The van der Waals surface area contributed by atoms with E-state index in [4.69, 9.17) is 0 Å². The molecule has 1 aliphatic heterocycles. The number of aryl methyl sites for hydroxylation is 1. The summed E-state index contributed by atoms with van der Waals surface area (Å²) in [5.41, 5.74) is 2.49. The molecule has 1 saturated carbocycles. The second-order valence-corrected chi connectivity index (χ2v) is 7.45. The van der Waals surface area contributed by atoms with Crippen LogP contribution in [0.25, 0.3) is 0 Å². The molecular formula is C19H25N5O2. The number of pyridine rings is 1. The van der Waals surface area contributed by atoms with E-state index in [1.807, 2.05) is 22.9 Å². The van der Waals surface area contributed by atoms with Gasteiger partial charge < -0.3 is 14.9 Å². The Morgan fingerprint density at radius 2 is 2.12 bits per heavy atom. The standard InChI is InChI=1S/C19H25N5O2/c1-22(2)19(26)14-6-7-17(20-11-14)23-8-3-9-24-15(12-23)10-16(21-24)18(25)13-4-5-13/h6-7,10-11,13,18,25H,3-5,8-9,12H2,1-2H3. The van der Waals surface area contributed by atoms with Crippen LogP contribution in [0.2, 0.25) is 0 Å². The molecule has 7 nitrogen and oxygen atoms in total. The number of fused-ring (bicyclic) bond motifs is 1.